The van der Waals surface area contributed by atoms with Gasteiger partial charge in [-0.3, -0.25) is 9.78 Å². The SMILES string of the molecule is CC(C)(C)OC(=O)N1CCC(O)(CNC(=O)c2cc(Cl)c([NH2+][O-])c3cccnc23)CC1.[I-]. The molecule has 4 N–H and O–H groups in total. The molecule has 9 nitrogen and oxygen atoms in total. The van der Waals surface area contributed by atoms with E-state index in [0.717, 1.165) is 0 Å². The van der Waals surface area contributed by atoms with Crippen LogP contribution < -0.4 is 34.8 Å². The Bertz CT molecular complexity index is 990. The number of likely N-dealkylation sites (tertiary alicyclic amines) is 1. The minimum Gasteiger partial charge on any atom is -1.00 e. The van der Waals surface area contributed by atoms with Gasteiger partial charge >= 0.3 is 6.09 Å². The van der Waals surface area contributed by atoms with E-state index in [2.05, 4.69) is 10.3 Å². The predicted molar refractivity (Wildman–Crippen MR) is 116 cm³/mol. The normalized spacial score (nSPS) is 15.8. The molecule has 1 saturated heterocycles. The van der Waals surface area contributed by atoms with Gasteiger partial charge in [0.1, 0.15) is 10.6 Å². The van der Waals surface area contributed by atoms with Gasteiger partial charge in [-0.05, 0) is 51.8 Å². The molecule has 11 heteroatoms. The van der Waals surface area contributed by atoms with E-state index >= 15 is 0 Å². The average Bonchev–Trinajstić information content (AvgIpc) is 2.71. The number of fused-ring (bicyclic) bond motifs is 1. The van der Waals surface area contributed by atoms with Crippen LogP contribution in [0.5, 0.6) is 0 Å². The van der Waals surface area contributed by atoms with Crippen LogP contribution in [0.15, 0.2) is 24.4 Å². The predicted octanol–water partition coefficient (Wildman–Crippen LogP) is -0.923. The van der Waals surface area contributed by atoms with Crippen LogP contribution in [0, 0.1) is 5.21 Å². The maximum Gasteiger partial charge on any atom is 0.410 e. The van der Waals surface area contributed by atoms with Crippen LogP contribution >= 0.6 is 11.6 Å². The molecule has 0 unspecified atom stereocenters. The number of rotatable bonds is 4. The van der Waals surface area contributed by atoms with Crippen LogP contribution in [0.25, 0.3) is 10.9 Å². The first-order valence-electron chi connectivity index (χ1n) is 10.0. The molecule has 176 valence electrons. The van der Waals surface area contributed by atoms with E-state index in [1.54, 1.807) is 37.8 Å². The number of pyridine rings is 1. The van der Waals surface area contributed by atoms with Crippen molar-refractivity contribution in [2.45, 2.75) is 44.8 Å². The molecule has 1 aromatic heterocycles. The molecule has 2 heterocycles. The van der Waals surface area contributed by atoms with Gasteiger partial charge in [-0.15, -0.1) is 0 Å². The quantitative estimate of drug-likeness (QED) is 0.245. The summed E-state index contributed by atoms with van der Waals surface area (Å²) in [5.74, 6) is -0.453. The van der Waals surface area contributed by atoms with Gasteiger partial charge in [-0.25, -0.2) is 4.79 Å². The Morgan fingerprint density at radius 1 is 1.38 bits per heavy atom. The van der Waals surface area contributed by atoms with E-state index in [1.165, 1.54) is 12.3 Å². The maximum absolute atomic E-state index is 12.8. The van der Waals surface area contributed by atoms with Crippen LogP contribution in [0.3, 0.4) is 0 Å². The lowest BCUT2D eigenvalue weighted by molar-refractivity contribution is -0.495. The van der Waals surface area contributed by atoms with Crippen LogP contribution in [0.2, 0.25) is 5.02 Å². The molecular weight excluding hydrogens is 551 g/mol. The van der Waals surface area contributed by atoms with Gasteiger partial charge in [0.15, 0.2) is 5.69 Å². The zero-order valence-corrected chi connectivity index (χ0v) is 21.1. The fourth-order valence-electron chi connectivity index (χ4n) is 3.48. The molecule has 0 spiro atoms. The number of hydrogen-bond donors (Lipinski definition) is 3. The smallest absolute Gasteiger partial charge is 0.410 e. The molecule has 1 aliphatic rings. The topological polar surface area (TPSA) is 131 Å². The lowest BCUT2D eigenvalue weighted by Crippen LogP contribution is -3.00. The first kappa shape index (κ1) is 26.5. The first-order chi connectivity index (χ1) is 14.5. The molecule has 0 radical (unpaired) electrons. The van der Waals surface area contributed by atoms with Crippen molar-refractivity contribution in [3.8, 4) is 0 Å². The van der Waals surface area contributed by atoms with Crippen molar-refractivity contribution >= 4 is 40.2 Å². The van der Waals surface area contributed by atoms with E-state index in [4.69, 9.17) is 16.3 Å². The maximum atomic E-state index is 12.8. The number of quaternary nitrogens is 1. The van der Waals surface area contributed by atoms with E-state index in [0.29, 0.717) is 42.3 Å². The van der Waals surface area contributed by atoms with Gasteiger partial charge in [-0.2, -0.15) is 0 Å². The first-order valence-corrected chi connectivity index (χ1v) is 10.4. The number of nitrogens with two attached hydrogens (primary N) is 1. The van der Waals surface area contributed by atoms with Crippen molar-refractivity contribution < 1.29 is 48.9 Å². The summed E-state index contributed by atoms with van der Waals surface area (Å²) in [7, 11) is 0. The number of hydrogen-bond acceptors (Lipinski definition) is 6. The summed E-state index contributed by atoms with van der Waals surface area (Å²) in [5, 5.41) is 25.6. The highest BCUT2D eigenvalue weighted by Crippen LogP contribution is 2.30. The number of piperidine rings is 1. The highest BCUT2D eigenvalue weighted by molar-refractivity contribution is 6.35. The zero-order valence-electron chi connectivity index (χ0n) is 18.2. The Hall–Kier alpha value is -1.73. The van der Waals surface area contributed by atoms with Crippen molar-refractivity contribution in [2.24, 2.45) is 0 Å². The molecule has 0 saturated carbocycles. The Morgan fingerprint density at radius 2 is 2.03 bits per heavy atom. The lowest BCUT2D eigenvalue weighted by atomic mass is 9.91. The fourth-order valence-corrected chi connectivity index (χ4v) is 3.74. The van der Waals surface area contributed by atoms with Gasteiger partial charge < -0.3 is 54.7 Å². The molecule has 2 amide bonds. The Labute approximate surface area is 208 Å². The van der Waals surface area contributed by atoms with Crippen molar-refractivity contribution in [1.29, 1.82) is 0 Å². The Morgan fingerprint density at radius 3 is 2.62 bits per heavy atom. The fraction of sp³-hybridized carbons (Fsp3) is 0.476. The number of amides is 2. The second-order valence-corrected chi connectivity index (χ2v) is 9.12. The summed E-state index contributed by atoms with van der Waals surface area (Å²) < 4.78 is 5.36. The van der Waals surface area contributed by atoms with Gasteiger partial charge in [0.2, 0.25) is 0 Å². The van der Waals surface area contributed by atoms with E-state index < -0.39 is 23.2 Å². The monoisotopic (exact) mass is 577 g/mol. The Balaban J connectivity index is 0.00000363. The second-order valence-electron chi connectivity index (χ2n) is 8.71. The molecule has 1 fully saturated rings. The summed E-state index contributed by atoms with van der Waals surface area (Å²) in [4.78, 5) is 30.8. The van der Waals surface area contributed by atoms with Crippen LogP contribution in [-0.4, -0.2) is 57.8 Å². The summed E-state index contributed by atoms with van der Waals surface area (Å²) in [6.45, 7) is 6.06. The van der Waals surface area contributed by atoms with Crippen LogP contribution in [0.4, 0.5) is 10.5 Å². The highest BCUT2D eigenvalue weighted by Gasteiger charge is 2.36. The number of nitrogens with one attached hydrogen (secondary N) is 1. The number of carbonyl (C=O) groups excluding carboxylic acids is 2. The number of benzene rings is 1. The van der Waals surface area contributed by atoms with Crippen molar-refractivity contribution in [1.82, 2.24) is 15.2 Å². The number of aromatic nitrogens is 1. The third-order valence-corrected chi connectivity index (χ3v) is 5.48. The number of halogens is 2. The molecule has 0 bridgehead atoms. The van der Waals surface area contributed by atoms with Crippen molar-refractivity contribution in [2.75, 3.05) is 19.6 Å². The molecule has 1 aliphatic heterocycles. The van der Waals surface area contributed by atoms with E-state index in [9.17, 15) is 19.9 Å². The third kappa shape index (κ3) is 6.19. The van der Waals surface area contributed by atoms with Gasteiger partial charge in [-0.1, -0.05) is 11.6 Å². The Kier molecular flexibility index (Phi) is 8.68. The van der Waals surface area contributed by atoms with Crippen LogP contribution in [0.1, 0.15) is 44.0 Å². The molecular formula is C21H27ClIN4O5-. The third-order valence-electron chi connectivity index (χ3n) is 5.17. The van der Waals surface area contributed by atoms with Gasteiger partial charge in [0.05, 0.1) is 22.1 Å². The minimum absolute atomic E-state index is 0. The zero-order chi connectivity index (χ0) is 22.8. The van der Waals surface area contributed by atoms with Crippen molar-refractivity contribution in [3.63, 3.8) is 0 Å². The van der Waals surface area contributed by atoms with E-state index in [1.807, 2.05) is 0 Å². The molecule has 32 heavy (non-hydrogen) atoms. The number of aliphatic hydroxyl groups is 1. The number of carbonyl (C=O) groups is 2. The van der Waals surface area contributed by atoms with Crippen LogP contribution in [-0.2, 0) is 4.74 Å². The number of ether oxygens (including phenoxy) is 1. The molecule has 0 atom stereocenters. The largest absolute Gasteiger partial charge is 1.00 e. The molecule has 0 aliphatic carbocycles. The summed E-state index contributed by atoms with van der Waals surface area (Å²) in [6.07, 6.45) is 1.72. The van der Waals surface area contributed by atoms with Gasteiger partial charge in [0, 0.05) is 25.8 Å². The average molecular weight is 578 g/mol. The summed E-state index contributed by atoms with van der Waals surface area (Å²) in [6, 6.07) is 4.74. The lowest BCUT2D eigenvalue weighted by Gasteiger charge is -2.38. The van der Waals surface area contributed by atoms with Gasteiger partial charge in [0.25, 0.3) is 5.91 Å². The standard InChI is InChI=1S/C21H27ClN4O5.HI/c1-20(2,3)31-19(28)26-9-6-21(29,7-10-26)12-24-18(27)14-11-15(22)17(25-30)13-5-4-8-23-16(13)14;/h4-5,8,11,29H,6-7,9-10,12,25H2,1-3H3,(H,24,27);1H/p-1. The highest BCUT2D eigenvalue weighted by atomic mass is 127. The molecule has 2 aromatic rings. The molecule has 1 aromatic carbocycles. The van der Waals surface area contributed by atoms with Crippen molar-refractivity contribution in [3.05, 3.63) is 40.2 Å². The number of nitrogens with zero attached hydrogens (tertiary/aromatic N) is 2. The molecule has 3 rings (SSSR count). The summed E-state index contributed by atoms with van der Waals surface area (Å²) >= 11 is 6.18. The second kappa shape index (κ2) is 10.5. The van der Waals surface area contributed by atoms with E-state index in [-0.39, 0.29) is 46.8 Å². The summed E-state index contributed by atoms with van der Waals surface area (Å²) in [5.41, 5.74) is -0.247. The minimum atomic E-state index is -1.15.